The number of ether oxygens (including phenoxy) is 1. The fourth-order valence-corrected chi connectivity index (χ4v) is 5.74. The Bertz CT molecular complexity index is 1720. The fourth-order valence-electron chi connectivity index (χ4n) is 4.50. The van der Waals surface area contributed by atoms with Crippen LogP contribution in [0.3, 0.4) is 0 Å². The van der Waals surface area contributed by atoms with E-state index < -0.39 is 21.3 Å². The molecule has 0 saturated heterocycles. The zero-order chi connectivity index (χ0) is 25.4. The van der Waals surface area contributed by atoms with Gasteiger partial charge in [-0.1, -0.05) is 30.3 Å². The van der Waals surface area contributed by atoms with E-state index in [9.17, 15) is 18.0 Å². The first-order valence-electron chi connectivity index (χ1n) is 11.1. The standard InChI is InChI=1S/C26H23N3O5S2/c1-34-25-21(18-6-7-20-16(4-5-17(20)13-18)9-12-36(27,32)33)14-19(15-22(25)23-3-2-11-35-23)29-10-8-24(30)28-26(29)31/h2-4,6-8,10-11,13-15H,5,9,12H2,1H3,(H2,27,32,33)(H,28,30,31). The van der Waals surface area contributed by atoms with E-state index in [0.717, 1.165) is 38.3 Å². The van der Waals surface area contributed by atoms with E-state index in [0.29, 0.717) is 24.3 Å². The molecular weight excluding hydrogens is 498 g/mol. The van der Waals surface area contributed by atoms with Gasteiger partial charge in [0.05, 0.1) is 18.6 Å². The summed E-state index contributed by atoms with van der Waals surface area (Å²) in [6.45, 7) is 0. The first-order valence-corrected chi connectivity index (χ1v) is 13.7. The highest BCUT2D eigenvalue weighted by Gasteiger charge is 2.20. The summed E-state index contributed by atoms with van der Waals surface area (Å²) in [5, 5.41) is 7.16. The zero-order valence-electron chi connectivity index (χ0n) is 19.4. The van der Waals surface area contributed by atoms with E-state index in [1.807, 2.05) is 47.9 Å². The van der Waals surface area contributed by atoms with Crippen LogP contribution < -0.4 is 21.1 Å². The van der Waals surface area contributed by atoms with Crippen molar-refractivity contribution in [3.8, 4) is 33.0 Å². The number of primary sulfonamides is 1. The third-order valence-electron chi connectivity index (χ3n) is 6.15. The van der Waals surface area contributed by atoms with E-state index in [4.69, 9.17) is 9.88 Å². The monoisotopic (exact) mass is 521 g/mol. The number of nitrogens with two attached hydrogens (primary N) is 1. The summed E-state index contributed by atoms with van der Waals surface area (Å²) in [7, 11) is -1.93. The maximum atomic E-state index is 12.6. The van der Waals surface area contributed by atoms with Crippen molar-refractivity contribution >= 4 is 26.9 Å². The predicted molar refractivity (Wildman–Crippen MR) is 142 cm³/mol. The minimum absolute atomic E-state index is 0.103. The third kappa shape index (κ3) is 4.70. The van der Waals surface area contributed by atoms with Gasteiger partial charge in [-0.3, -0.25) is 14.3 Å². The number of methoxy groups -OCH3 is 1. The third-order valence-corrected chi connectivity index (χ3v) is 7.83. The first-order chi connectivity index (χ1) is 17.2. The highest BCUT2D eigenvalue weighted by Crippen LogP contribution is 2.43. The lowest BCUT2D eigenvalue weighted by atomic mass is 9.95. The van der Waals surface area contributed by atoms with Gasteiger partial charge in [0.25, 0.3) is 5.56 Å². The van der Waals surface area contributed by atoms with Crippen LogP contribution in [0, 0.1) is 0 Å². The van der Waals surface area contributed by atoms with Crippen LogP contribution in [-0.2, 0) is 16.4 Å². The van der Waals surface area contributed by atoms with Crippen LogP contribution in [0.4, 0.5) is 0 Å². The van der Waals surface area contributed by atoms with Crippen molar-refractivity contribution < 1.29 is 13.2 Å². The summed E-state index contributed by atoms with van der Waals surface area (Å²) >= 11 is 1.55. The van der Waals surface area contributed by atoms with Crippen LogP contribution >= 0.6 is 11.3 Å². The van der Waals surface area contributed by atoms with Crippen LogP contribution in [0.15, 0.2) is 75.8 Å². The Kier molecular flexibility index (Phi) is 6.25. The smallest absolute Gasteiger partial charge is 0.332 e. The molecule has 0 fully saturated rings. The molecule has 3 N–H and O–H groups in total. The predicted octanol–water partition coefficient (Wildman–Crippen LogP) is 3.55. The van der Waals surface area contributed by atoms with Crippen molar-refractivity contribution in [2.45, 2.75) is 12.8 Å². The van der Waals surface area contributed by atoms with Gasteiger partial charge in [0.1, 0.15) is 5.75 Å². The van der Waals surface area contributed by atoms with Gasteiger partial charge >= 0.3 is 5.69 Å². The minimum atomic E-state index is -3.54. The Morgan fingerprint density at radius 1 is 1.08 bits per heavy atom. The molecule has 0 radical (unpaired) electrons. The Labute approximate surface area is 211 Å². The van der Waals surface area contributed by atoms with Crippen LogP contribution in [-0.4, -0.2) is 30.8 Å². The average molecular weight is 522 g/mol. The zero-order valence-corrected chi connectivity index (χ0v) is 21.0. The van der Waals surface area contributed by atoms with E-state index in [2.05, 4.69) is 11.1 Å². The number of sulfonamides is 1. The number of hydrogen-bond acceptors (Lipinski definition) is 6. The number of rotatable bonds is 7. The van der Waals surface area contributed by atoms with Crippen molar-refractivity contribution in [3.63, 3.8) is 0 Å². The summed E-state index contributed by atoms with van der Waals surface area (Å²) in [5.41, 5.74) is 5.14. The molecule has 1 aliphatic carbocycles. The van der Waals surface area contributed by atoms with Crippen LogP contribution in [0.25, 0.3) is 32.8 Å². The van der Waals surface area contributed by atoms with E-state index in [1.54, 1.807) is 18.4 Å². The molecule has 184 valence electrons. The fraction of sp³-hybridized carbons (Fsp3) is 0.154. The summed E-state index contributed by atoms with van der Waals surface area (Å²) in [5.74, 6) is 0.563. The van der Waals surface area contributed by atoms with Crippen LogP contribution in [0.1, 0.15) is 17.5 Å². The first kappa shape index (κ1) is 24.0. The molecular formula is C26H23N3O5S2. The molecule has 1 aliphatic rings. The molecule has 0 bridgehead atoms. The second kappa shape index (κ2) is 9.38. The van der Waals surface area contributed by atoms with Crippen LogP contribution in [0.2, 0.25) is 0 Å². The second-order valence-corrected chi connectivity index (χ2v) is 11.1. The number of aromatic nitrogens is 2. The summed E-state index contributed by atoms with van der Waals surface area (Å²) in [4.78, 5) is 27.5. The van der Waals surface area contributed by atoms with Gasteiger partial charge in [-0.05, 0) is 58.7 Å². The van der Waals surface area contributed by atoms with Gasteiger partial charge in [0.2, 0.25) is 10.0 Å². The molecule has 0 unspecified atom stereocenters. The highest BCUT2D eigenvalue weighted by molar-refractivity contribution is 7.89. The van der Waals surface area contributed by atoms with Crippen molar-refractivity contribution in [3.05, 3.63) is 98.1 Å². The molecule has 10 heteroatoms. The Morgan fingerprint density at radius 2 is 1.89 bits per heavy atom. The highest BCUT2D eigenvalue weighted by atomic mass is 32.2. The maximum Gasteiger partial charge on any atom is 0.332 e. The molecule has 2 aromatic heterocycles. The Balaban J connectivity index is 1.65. The Morgan fingerprint density at radius 3 is 2.58 bits per heavy atom. The normalized spacial score (nSPS) is 12.9. The Hall–Kier alpha value is -3.73. The molecule has 0 amide bonds. The molecule has 0 saturated carbocycles. The molecule has 5 rings (SSSR count). The van der Waals surface area contributed by atoms with Crippen LogP contribution in [0.5, 0.6) is 5.75 Å². The van der Waals surface area contributed by atoms with Gasteiger partial charge in [-0.2, -0.15) is 0 Å². The lowest BCUT2D eigenvalue weighted by molar-refractivity contribution is 0.418. The number of nitrogens with zero attached hydrogens (tertiary/aromatic N) is 1. The number of aromatic amines is 1. The molecule has 2 heterocycles. The SMILES string of the molecule is COc1c(-c2ccc3c(c2)CC=C3CCS(N)(=O)=O)cc(-n2ccc(=O)[nH]c2=O)cc1-c1cccs1. The number of H-pyrrole nitrogens is 1. The average Bonchev–Trinajstić information content (AvgIpc) is 3.51. The quantitative estimate of drug-likeness (QED) is 0.385. The maximum absolute atomic E-state index is 12.6. The molecule has 0 spiro atoms. The molecule has 0 aliphatic heterocycles. The summed E-state index contributed by atoms with van der Waals surface area (Å²) in [6, 6.07) is 15.0. The van der Waals surface area contributed by atoms with Crippen molar-refractivity contribution in [1.29, 1.82) is 0 Å². The number of nitrogens with one attached hydrogen (secondary N) is 1. The second-order valence-electron chi connectivity index (χ2n) is 8.45. The van der Waals surface area contributed by atoms with E-state index in [-0.39, 0.29) is 5.75 Å². The molecule has 36 heavy (non-hydrogen) atoms. The van der Waals surface area contributed by atoms with E-state index >= 15 is 0 Å². The van der Waals surface area contributed by atoms with Crippen molar-refractivity contribution in [2.75, 3.05) is 12.9 Å². The number of thiophene rings is 1. The minimum Gasteiger partial charge on any atom is -0.495 e. The number of hydrogen-bond donors (Lipinski definition) is 2. The number of benzene rings is 2. The largest absolute Gasteiger partial charge is 0.495 e. The van der Waals surface area contributed by atoms with Gasteiger partial charge in [0.15, 0.2) is 0 Å². The van der Waals surface area contributed by atoms with Crippen molar-refractivity contribution in [1.82, 2.24) is 9.55 Å². The van der Waals surface area contributed by atoms with Gasteiger partial charge < -0.3 is 4.74 Å². The molecule has 8 nitrogen and oxygen atoms in total. The molecule has 2 aromatic carbocycles. The number of allylic oxidation sites excluding steroid dienone is 2. The summed E-state index contributed by atoms with van der Waals surface area (Å²) < 4.78 is 30.1. The lowest BCUT2D eigenvalue weighted by Crippen LogP contribution is -2.27. The number of fused-ring (bicyclic) bond motifs is 1. The van der Waals surface area contributed by atoms with Gasteiger partial charge in [-0.25, -0.2) is 18.4 Å². The van der Waals surface area contributed by atoms with E-state index in [1.165, 1.54) is 16.8 Å². The van der Waals surface area contributed by atoms with Gasteiger partial charge in [-0.15, -0.1) is 11.3 Å². The topological polar surface area (TPSA) is 124 Å². The summed E-state index contributed by atoms with van der Waals surface area (Å²) in [6.07, 6.45) is 4.53. The molecule has 0 atom stereocenters. The lowest BCUT2D eigenvalue weighted by Gasteiger charge is -2.17. The van der Waals surface area contributed by atoms with Crippen molar-refractivity contribution in [2.24, 2.45) is 5.14 Å². The molecule has 4 aromatic rings. The van der Waals surface area contributed by atoms with Gasteiger partial charge in [0, 0.05) is 28.3 Å².